The highest BCUT2D eigenvalue weighted by molar-refractivity contribution is 4.61. The molecule has 0 bridgehead atoms. The van der Waals surface area contributed by atoms with Gasteiger partial charge in [-0.05, 0) is 45.2 Å². The first-order valence-electron chi connectivity index (χ1n) is 6.59. The summed E-state index contributed by atoms with van der Waals surface area (Å²) in [7, 11) is 0. The normalized spacial score (nSPS) is 15.2. The molecular weight excluding hydrogens is 186 g/mol. The van der Waals surface area contributed by atoms with Crippen molar-refractivity contribution in [3.63, 3.8) is 0 Å². The minimum absolute atomic E-state index is 0.145. The van der Waals surface area contributed by atoms with Crippen molar-refractivity contribution in [1.82, 2.24) is 5.32 Å². The number of hydrogen-bond acceptors (Lipinski definition) is 2. The number of rotatable bonds is 10. The van der Waals surface area contributed by atoms with E-state index >= 15 is 0 Å². The van der Waals surface area contributed by atoms with Crippen LogP contribution in [0.2, 0.25) is 0 Å². The molecule has 0 fully saturated rings. The molecule has 0 aliphatic heterocycles. The van der Waals surface area contributed by atoms with Gasteiger partial charge in [0.1, 0.15) is 0 Å². The van der Waals surface area contributed by atoms with Gasteiger partial charge in [-0.2, -0.15) is 0 Å². The van der Waals surface area contributed by atoms with Gasteiger partial charge in [-0.1, -0.05) is 33.1 Å². The van der Waals surface area contributed by atoms with Crippen LogP contribution in [0.25, 0.3) is 0 Å². The number of aliphatic hydroxyl groups excluding tert-OH is 1. The highest BCUT2D eigenvalue weighted by atomic mass is 16.3. The predicted octanol–water partition coefficient (Wildman–Crippen LogP) is 2.95. The number of unbranched alkanes of at least 4 members (excludes halogenated alkanes) is 1. The van der Waals surface area contributed by atoms with Crippen LogP contribution >= 0.6 is 0 Å². The van der Waals surface area contributed by atoms with E-state index in [0.29, 0.717) is 0 Å². The molecule has 92 valence electrons. The van der Waals surface area contributed by atoms with Crippen molar-refractivity contribution >= 4 is 0 Å². The van der Waals surface area contributed by atoms with Crippen molar-refractivity contribution < 1.29 is 5.11 Å². The van der Waals surface area contributed by atoms with Gasteiger partial charge in [-0.25, -0.2) is 0 Å². The number of aliphatic hydroxyl groups is 1. The topological polar surface area (TPSA) is 32.3 Å². The molecule has 0 aromatic heterocycles. The first kappa shape index (κ1) is 14.9. The number of nitrogens with one attached hydrogen (secondary N) is 1. The fourth-order valence-corrected chi connectivity index (χ4v) is 1.77. The van der Waals surface area contributed by atoms with E-state index < -0.39 is 0 Å². The highest BCUT2D eigenvalue weighted by Crippen LogP contribution is 2.11. The van der Waals surface area contributed by atoms with Crippen LogP contribution < -0.4 is 5.32 Å². The zero-order valence-corrected chi connectivity index (χ0v) is 10.8. The van der Waals surface area contributed by atoms with Gasteiger partial charge < -0.3 is 10.4 Å². The number of hydrogen-bond donors (Lipinski definition) is 2. The lowest BCUT2D eigenvalue weighted by Gasteiger charge is -2.15. The van der Waals surface area contributed by atoms with Gasteiger partial charge >= 0.3 is 0 Å². The largest absolute Gasteiger partial charge is 0.393 e. The zero-order chi connectivity index (χ0) is 11.5. The third kappa shape index (κ3) is 10.2. The van der Waals surface area contributed by atoms with Gasteiger partial charge in [0.05, 0.1) is 6.10 Å². The van der Waals surface area contributed by atoms with Crippen molar-refractivity contribution in [3.8, 4) is 0 Å². The van der Waals surface area contributed by atoms with E-state index in [1.165, 1.54) is 25.7 Å². The Morgan fingerprint density at radius 2 is 1.87 bits per heavy atom. The van der Waals surface area contributed by atoms with Crippen LogP contribution in [0.3, 0.4) is 0 Å². The van der Waals surface area contributed by atoms with Gasteiger partial charge in [0.2, 0.25) is 0 Å². The summed E-state index contributed by atoms with van der Waals surface area (Å²) in [6.45, 7) is 8.58. The summed E-state index contributed by atoms with van der Waals surface area (Å²) in [6.07, 6.45) is 7.15. The van der Waals surface area contributed by atoms with Crippen molar-refractivity contribution in [2.24, 2.45) is 5.92 Å². The Morgan fingerprint density at radius 1 is 1.13 bits per heavy atom. The summed E-state index contributed by atoms with van der Waals surface area (Å²) in [5.74, 6) is 0.844. The molecule has 0 saturated carbocycles. The Hall–Kier alpha value is -0.0800. The van der Waals surface area contributed by atoms with Crippen LogP contribution in [0.15, 0.2) is 0 Å². The molecule has 0 spiro atoms. The molecule has 2 atom stereocenters. The van der Waals surface area contributed by atoms with E-state index in [9.17, 15) is 0 Å². The van der Waals surface area contributed by atoms with Gasteiger partial charge in [-0.3, -0.25) is 0 Å². The molecule has 0 aromatic carbocycles. The third-order valence-corrected chi connectivity index (χ3v) is 2.95. The van der Waals surface area contributed by atoms with E-state index in [0.717, 1.165) is 31.8 Å². The van der Waals surface area contributed by atoms with Gasteiger partial charge in [0, 0.05) is 0 Å². The Bertz CT molecular complexity index is 126. The Kier molecular flexibility index (Phi) is 10.4. The summed E-state index contributed by atoms with van der Waals surface area (Å²) in [4.78, 5) is 0. The first-order valence-corrected chi connectivity index (χ1v) is 6.59. The average Bonchev–Trinajstić information content (AvgIpc) is 2.21. The standard InChI is InChI=1S/C13H29NO/c1-4-6-9-13(5-2)11-14-10-7-8-12(3)15/h12-15H,4-11H2,1-3H3. The lowest BCUT2D eigenvalue weighted by molar-refractivity contribution is 0.181. The second-order valence-electron chi connectivity index (χ2n) is 4.61. The Balaban J connectivity index is 3.30. The van der Waals surface area contributed by atoms with Crippen LogP contribution in [-0.4, -0.2) is 24.3 Å². The fraction of sp³-hybridized carbons (Fsp3) is 1.00. The lowest BCUT2D eigenvalue weighted by Crippen LogP contribution is -2.24. The van der Waals surface area contributed by atoms with Crippen LogP contribution in [0.5, 0.6) is 0 Å². The van der Waals surface area contributed by atoms with Crippen LogP contribution in [0, 0.1) is 5.92 Å². The van der Waals surface area contributed by atoms with E-state index in [1.54, 1.807) is 0 Å². The molecule has 0 amide bonds. The lowest BCUT2D eigenvalue weighted by atomic mass is 9.99. The molecule has 2 N–H and O–H groups in total. The molecule has 0 aromatic rings. The summed E-state index contributed by atoms with van der Waals surface area (Å²) < 4.78 is 0. The maximum absolute atomic E-state index is 9.10. The van der Waals surface area contributed by atoms with Gasteiger partial charge in [0.15, 0.2) is 0 Å². The molecule has 0 aliphatic rings. The monoisotopic (exact) mass is 215 g/mol. The van der Waals surface area contributed by atoms with Crippen molar-refractivity contribution in [2.45, 2.75) is 65.4 Å². The van der Waals surface area contributed by atoms with Gasteiger partial charge in [-0.15, -0.1) is 0 Å². The summed E-state index contributed by atoms with van der Waals surface area (Å²) in [5.41, 5.74) is 0. The minimum atomic E-state index is -0.145. The second-order valence-corrected chi connectivity index (χ2v) is 4.61. The molecular formula is C13H29NO. The quantitative estimate of drug-likeness (QED) is 0.549. The highest BCUT2D eigenvalue weighted by Gasteiger charge is 2.04. The first-order chi connectivity index (χ1) is 7.20. The minimum Gasteiger partial charge on any atom is -0.393 e. The zero-order valence-electron chi connectivity index (χ0n) is 10.8. The Morgan fingerprint density at radius 3 is 2.40 bits per heavy atom. The van der Waals surface area contributed by atoms with E-state index in [1.807, 2.05) is 6.92 Å². The van der Waals surface area contributed by atoms with Crippen molar-refractivity contribution in [1.29, 1.82) is 0 Å². The second kappa shape index (κ2) is 10.4. The molecule has 0 heterocycles. The molecule has 2 heteroatoms. The molecule has 0 radical (unpaired) electrons. The van der Waals surface area contributed by atoms with E-state index in [-0.39, 0.29) is 6.10 Å². The van der Waals surface area contributed by atoms with E-state index in [4.69, 9.17) is 5.11 Å². The molecule has 0 saturated heterocycles. The maximum atomic E-state index is 9.10. The molecule has 0 aliphatic carbocycles. The molecule has 2 nitrogen and oxygen atoms in total. The van der Waals surface area contributed by atoms with Crippen LogP contribution in [0.1, 0.15) is 59.3 Å². The smallest absolute Gasteiger partial charge is 0.0512 e. The third-order valence-electron chi connectivity index (χ3n) is 2.95. The molecule has 0 rings (SSSR count). The SMILES string of the molecule is CCCCC(CC)CNCCCC(C)O. The molecule has 2 unspecified atom stereocenters. The average molecular weight is 215 g/mol. The molecule has 15 heavy (non-hydrogen) atoms. The van der Waals surface area contributed by atoms with Crippen molar-refractivity contribution in [3.05, 3.63) is 0 Å². The summed E-state index contributed by atoms with van der Waals surface area (Å²) >= 11 is 0. The van der Waals surface area contributed by atoms with Gasteiger partial charge in [0.25, 0.3) is 0 Å². The fourth-order valence-electron chi connectivity index (χ4n) is 1.77. The maximum Gasteiger partial charge on any atom is 0.0512 e. The summed E-state index contributed by atoms with van der Waals surface area (Å²) in [5, 5.41) is 12.6. The van der Waals surface area contributed by atoms with Crippen LogP contribution in [0.4, 0.5) is 0 Å². The van der Waals surface area contributed by atoms with Crippen molar-refractivity contribution in [2.75, 3.05) is 13.1 Å². The Labute approximate surface area is 95.5 Å². The van der Waals surface area contributed by atoms with E-state index in [2.05, 4.69) is 19.2 Å². The summed E-state index contributed by atoms with van der Waals surface area (Å²) in [6, 6.07) is 0. The predicted molar refractivity (Wildman–Crippen MR) is 67.1 cm³/mol. The van der Waals surface area contributed by atoms with Crippen LogP contribution in [-0.2, 0) is 0 Å².